The molecule has 7 atom stereocenters. The molecule has 0 saturated carbocycles. The van der Waals surface area contributed by atoms with Crippen LogP contribution in [0.5, 0.6) is 0 Å². The minimum absolute atomic E-state index is 0.162. The fraction of sp³-hybridized carbons (Fsp3) is 0.949. The van der Waals surface area contributed by atoms with Gasteiger partial charge in [-0.2, -0.15) is 0 Å². The highest BCUT2D eigenvalue weighted by atomic mass is 16.7. The molecule has 1 heterocycles. The molecule has 0 aromatic carbocycles. The largest absolute Gasteiger partial charge is 0.394 e. The number of hydrogen-bond acceptors (Lipinski definition) is 7. The van der Waals surface area contributed by atoms with E-state index in [1.165, 1.54) is 122 Å². The molecule has 1 aliphatic heterocycles. The summed E-state index contributed by atoms with van der Waals surface area (Å²) in [5, 5.41) is 50.9. The van der Waals surface area contributed by atoms with E-state index in [1.54, 1.807) is 0 Å². The lowest BCUT2D eigenvalue weighted by Gasteiger charge is -2.39. The second-order valence-corrected chi connectivity index (χ2v) is 14.3. The maximum atomic E-state index is 10.8. The van der Waals surface area contributed by atoms with Gasteiger partial charge in [0.25, 0.3) is 0 Å². The fourth-order valence-corrected chi connectivity index (χ4v) is 6.43. The molecule has 0 aromatic heterocycles. The van der Waals surface area contributed by atoms with Crippen LogP contribution in [-0.2, 0) is 9.47 Å². The molecule has 0 bridgehead atoms. The molecule has 3 unspecified atom stereocenters. The molecule has 5 N–H and O–H groups in total. The predicted molar refractivity (Wildman–Crippen MR) is 190 cm³/mol. The Morgan fingerprint density at radius 3 is 1.63 bits per heavy atom. The molecule has 1 rings (SSSR count). The molecule has 274 valence electrons. The van der Waals surface area contributed by atoms with Crippen LogP contribution in [0.3, 0.4) is 0 Å². The van der Waals surface area contributed by atoms with Gasteiger partial charge < -0.3 is 35.0 Å². The van der Waals surface area contributed by atoms with Crippen molar-refractivity contribution in [3.63, 3.8) is 0 Å². The van der Waals surface area contributed by atoms with Crippen molar-refractivity contribution in [3.8, 4) is 0 Å². The van der Waals surface area contributed by atoms with Crippen molar-refractivity contribution >= 4 is 0 Å². The van der Waals surface area contributed by atoms with E-state index in [-0.39, 0.29) is 6.61 Å². The molecule has 1 fully saturated rings. The third-order valence-corrected chi connectivity index (χ3v) is 9.95. The average Bonchev–Trinajstić information content (AvgIpc) is 3.05. The summed E-state index contributed by atoms with van der Waals surface area (Å²) in [6, 6.07) is 0. The van der Waals surface area contributed by atoms with E-state index < -0.39 is 43.4 Å². The van der Waals surface area contributed by atoms with E-state index in [0.717, 1.165) is 50.0 Å². The zero-order valence-corrected chi connectivity index (χ0v) is 30.3. The number of aliphatic hydroxyl groups excluding tert-OH is 5. The number of ether oxygens (including phenoxy) is 2. The first kappa shape index (κ1) is 43.5. The molecule has 0 amide bonds. The lowest BCUT2D eigenvalue weighted by molar-refractivity contribution is -0.299. The molecule has 46 heavy (non-hydrogen) atoms. The third kappa shape index (κ3) is 21.4. The van der Waals surface area contributed by atoms with Crippen LogP contribution in [0, 0.1) is 5.92 Å². The summed E-state index contributed by atoms with van der Waals surface area (Å²) in [5.74, 6) is 0.866. The molecule has 1 saturated heterocycles. The van der Waals surface area contributed by atoms with Crippen LogP contribution in [0.25, 0.3) is 0 Å². The van der Waals surface area contributed by atoms with Crippen molar-refractivity contribution in [2.24, 2.45) is 5.92 Å². The summed E-state index contributed by atoms with van der Waals surface area (Å²) >= 11 is 0. The third-order valence-electron chi connectivity index (χ3n) is 9.95. The Labute approximate surface area is 283 Å². The zero-order chi connectivity index (χ0) is 33.8. The number of aliphatic hydroxyl groups is 5. The molecule has 7 heteroatoms. The van der Waals surface area contributed by atoms with Gasteiger partial charge in [0.15, 0.2) is 6.29 Å². The van der Waals surface area contributed by atoms with E-state index in [0.29, 0.717) is 0 Å². The summed E-state index contributed by atoms with van der Waals surface area (Å²) in [6.45, 7) is 6.57. The van der Waals surface area contributed by atoms with Gasteiger partial charge in [0, 0.05) is 0 Å². The maximum Gasteiger partial charge on any atom is 0.187 e. The van der Waals surface area contributed by atoms with Crippen molar-refractivity contribution < 1.29 is 35.0 Å². The van der Waals surface area contributed by atoms with Crippen LogP contribution in [0.1, 0.15) is 181 Å². The van der Waals surface area contributed by atoms with Gasteiger partial charge in [-0.25, -0.2) is 0 Å². The van der Waals surface area contributed by atoms with E-state index in [2.05, 4.69) is 20.8 Å². The molecule has 0 spiro atoms. The van der Waals surface area contributed by atoms with Crippen LogP contribution >= 0.6 is 0 Å². The minimum Gasteiger partial charge on any atom is -0.394 e. The Hall–Kier alpha value is -0.540. The Morgan fingerprint density at radius 1 is 0.652 bits per heavy atom. The van der Waals surface area contributed by atoms with Crippen LogP contribution in [0.4, 0.5) is 0 Å². The van der Waals surface area contributed by atoms with Crippen LogP contribution < -0.4 is 0 Å². The van der Waals surface area contributed by atoms with Crippen molar-refractivity contribution in [1.29, 1.82) is 0 Å². The minimum atomic E-state index is -1.46. The topological polar surface area (TPSA) is 120 Å². The Kier molecular flexibility index (Phi) is 27.8. The molecule has 7 nitrogen and oxygen atoms in total. The van der Waals surface area contributed by atoms with E-state index in [4.69, 9.17) is 9.47 Å². The standard InChI is InChI=1S/C39H76O7/c1-4-6-7-8-9-10-11-12-15-18-21-24-27-33(31-45-39-38(44)37(43)36(42)35(30-40)46-39)29-34(41)28-25-22-19-16-13-14-17-20-23-26-32(3)5-2/h29,32,34-44H,4-28,30-31H2,1-3H3/b33-29-/t32?,34-,35?,36-,37-,38-,39?/m1/s1. The summed E-state index contributed by atoms with van der Waals surface area (Å²) in [6.07, 6.45) is 25.8. The summed E-state index contributed by atoms with van der Waals surface area (Å²) < 4.78 is 11.4. The molecular formula is C39H76O7. The maximum absolute atomic E-state index is 10.8. The van der Waals surface area contributed by atoms with Gasteiger partial charge in [-0.05, 0) is 30.8 Å². The molecule has 1 aliphatic rings. The van der Waals surface area contributed by atoms with E-state index >= 15 is 0 Å². The van der Waals surface area contributed by atoms with Gasteiger partial charge in [-0.1, -0.05) is 168 Å². The average molecular weight is 657 g/mol. The second kappa shape index (κ2) is 29.4. The highest BCUT2D eigenvalue weighted by Gasteiger charge is 2.44. The summed E-state index contributed by atoms with van der Waals surface area (Å²) in [7, 11) is 0. The van der Waals surface area contributed by atoms with Crippen LogP contribution in [0.2, 0.25) is 0 Å². The SMILES string of the molecule is CCCCCCCCCCCCCC/C(=C/[C@H](O)CCCCCCCCCCCC(C)CC)COC1OC(CO)[C@@H](O)[C@@H](O)[C@H]1O. The van der Waals surface area contributed by atoms with Gasteiger partial charge in [0.2, 0.25) is 0 Å². The zero-order valence-electron chi connectivity index (χ0n) is 30.3. The predicted octanol–water partition coefficient (Wildman–Crippen LogP) is 8.52. The van der Waals surface area contributed by atoms with Crippen LogP contribution in [0.15, 0.2) is 11.6 Å². The number of hydrogen-bond donors (Lipinski definition) is 5. The van der Waals surface area contributed by atoms with Crippen molar-refractivity contribution in [3.05, 3.63) is 11.6 Å². The first-order valence-electron chi connectivity index (χ1n) is 19.6. The van der Waals surface area contributed by atoms with Crippen LogP contribution in [-0.4, -0.2) is 75.6 Å². The van der Waals surface area contributed by atoms with Gasteiger partial charge in [-0.15, -0.1) is 0 Å². The van der Waals surface area contributed by atoms with E-state index in [1.807, 2.05) is 6.08 Å². The number of unbranched alkanes of at least 4 members (excludes halogenated alkanes) is 19. The monoisotopic (exact) mass is 657 g/mol. The highest BCUT2D eigenvalue weighted by molar-refractivity contribution is 5.06. The highest BCUT2D eigenvalue weighted by Crippen LogP contribution is 2.24. The summed E-state index contributed by atoms with van der Waals surface area (Å²) in [5.41, 5.74) is 0.963. The van der Waals surface area contributed by atoms with E-state index in [9.17, 15) is 25.5 Å². The quantitative estimate of drug-likeness (QED) is 0.0375. The first-order chi connectivity index (χ1) is 22.3. The summed E-state index contributed by atoms with van der Waals surface area (Å²) in [4.78, 5) is 0. The Bertz CT molecular complexity index is 700. The molecular weight excluding hydrogens is 580 g/mol. The lowest BCUT2D eigenvalue weighted by Crippen LogP contribution is -2.59. The Balaban J connectivity index is 2.39. The normalized spacial score (nSPS) is 23.6. The van der Waals surface area contributed by atoms with Crippen molar-refractivity contribution in [1.82, 2.24) is 0 Å². The molecule has 0 radical (unpaired) electrons. The Morgan fingerprint density at radius 2 is 1.13 bits per heavy atom. The first-order valence-corrected chi connectivity index (χ1v) is 19.6. The van der Waals surface area contributed by atoms with Gasteiger partial charge >= 0.3 is 0 Å². The van der Waals surface area contributed by atoms with Crippen molar-refractivity contribution in [2.45, 2.75) is 218 Å². The van der Waals surface area contributed by atoms with Gasteiger partial charge in [0.1, 0.15) is 24.4 Å². The molecule has 0 aromatic rings. The smallest absolute Gasteiger partial charge is 0.187 e. The molecule has 0 aliphatic carbocycles. The second-order valence-electron chi connectivity index (χ2n) is 14.3. The lowest BCUT2D eigenvalue weighted by atomic mass is 9.99. The van der Waals surface area contributed by atoms with Gasteiger partial charge in [0.05, 0.1) is 19.3 Å². The number of rotatable bonds is 31. The van der Waals surface area contributed by atoms with Gasteiger partial charge in [-0.3, -0.25) is 0 Å². The van der Waals surface area contributed by atoms with Crippen molar-refractivity contribution in [2.75, 3.05) is 13.2 Å². The fourth-order valence-electron chi connectivity index (χ4n) is 6.43.